The zero-order valence-electron chi connectivity index (χ0n) is 15.0. The molecule has 4 nitrogen and oxygen atoms in total. The first-order chi connectivity index (χ1) is 13.0. The lowest BCUT2D eigenvalue weighted by Crippen LogP contribution is -2.43. The van der Waals surface area contributed by atoms with E-state index in [0.717, 1.165) is 16.0 Å². The molecule has 1 aliphatic heterocycles. The predicted molar refractivity (Wildman–Crippen MR) is 107 cm³/mol. The first-order valence-electron chi connectivity index (χ1n) is 8.84. The summed E-state index contributed by atoms with van der Waals surface area (Å²) < 4.78 is 34.4. The van der Waals surface area contributed by atoms with Crippen molar-refractivity contribution in [1.29, 1.82) is 0 Å². The van der Waals surface area contributed by atoms with Gasteiger partial charge in [0.2, 0.25) is 10.0 Å². The maximum absolute atomic E-state index is 13.3. The highest BCUT2D eigenvalue weighted by atomic mass is 32.2. The molecule has 0 aliphatic carbocycles. The number of rotatable bonds is 4. The number of nitrogens with zero attached hydrogens (tertiary/aromatic N) is 1. The third-order valence-electron chi connectivity index (χ3n) is 4.76. The van der Waals surface area contributed by atoms with E-state index >= 15 is 0 Å². The van der Waals surface area contributed by atoms with Gasteiger partial charge in [0.15, 0.2) is 0 Å². The van der Waals surface area contributed by atoms with Crippen LogP contribution in [0.2, 0.25) is 0 Å². The smallest absolute Gasteiger partial charge is 0.243 e. The first-order valence-corrected chi connectivity index (χ1v) is 11.2. The van der Waals surface area contributed by atoms with Crippen LogP contribution in [0, 0.1) is 6.92 Å². The van der Waals surface area contributed by atoms with Crippen molar-refractivity contribution < 1.29 is 13.2 Å². The van der Waals surface area contributed by atoms with Crippen molar-refractivity contribution in [2.24, 2.45) is 0 Å². The van der Waals surface area contributed by atoms with Crippen LogP contribution in [0.15, 0.2) is 77.0 Å². The Balaban J connectivity index is 1.69. The van der Waals surface area contributed by atoms with Gasteiger partial charge in [0, 0.05) is 18.0 Å². The molecule has 4 rings (SSSR count). The summed E-state index contributed by atoms with van der Waals surface area (Å²) in [5.74, 6) is 0. The van der Waals surface area contributed by atoms with Gasteiger partial charge in [-0.25, -0.2) is 8.42 Å². The molecular formula is C21H21NO3S2. The summed E-state index contributed by atoms with van der Waals surface area (Å²) in [4.78, 5) is 1.37. The number of benzene rings is 2. The third-order valence-corrected chi connectivity index (χ3v) is 7.57. The Labute approximate surface area is 164 Å². The molecule has 1 aromatic heterocycles. The van der Waals surface area contributed by atoms with Crippen LogP contribution in [-0.2, 0) is 14.8 Å². The van der Waals surface area contributed by atoms with Gasteiger partial charge in [-0.2, -0.15) is 4.31 Å². The molecule has 6 heteroatoms. The van der Waals surface area contributed by atoms with Gasteiger partial charge < -0.3 is 4.74 Å². The second-order valence-electron chi connectivity index (χ2n) is 6.67. The lowest BCUT2D eigenvalue weighted by Gasteiger charge is -2.37. The van der Waals surface area contributed by atoms with E-state index in [4.69, 9.17) is 4.74 Å². The number of morpholine rings is 1. The highest BCUT2D eigenvalue weighted by Crippen LogP contribution is 2.36. The summed E-state index contributed by atoms with van der Waals surface area (Å²) in [6.07, 6.45) is -0.573. The predicted octanol–water partition coefficient (Wildman–Crippen LogP) is 4.56. The molecular weight excluding hydrogens is 378 g/mol. The molecule has 2 atom stereocenters. The maximum atomic E-state index is 13.3. The zero-order chi connectivity index (χ0) is 18.9. The average Bonchev–Trinajstić information content (AvgIpc) is 3.24. The summed E-state index contributed by atoms with van der Waals surface area (Å²) >= 11 is 1.59. The molecule has 0 amide bonds. The lowest BCUT2D eigenvalue weighted by atomic mass is 10.1. The second-order valence-corrected chi connectivity index (χ2v) is 9.59. The fraction of sp³-hybridized carbons (Fsp3) is 0.238. The number of hydrogen-bond donors (Lipinski definition) is 0. The molecule has 0 radical (unpaired) electrons. The Hall–Kier alpha value is -1.99. The van der Waals surface area contributed by atoms with Crippen molar-refractivity contribution in [2.45, 2.75) is 24.0 Å². The Morgan fingerprint density at radius 2 is 1.63 bits per heavy atom. The summed E-state index contributed by atoms with van der Waals surface area (Å²) in [5, 5.41) is 1.99. The minimum absolute atomic E-state index is 0.274. The Kier molecular flexibility index (Phi) is 5.14. The molecule has 1 saturated heterocycles. The summed E-state index contributed by atoms with van der Waals surface area (Å²) in [5.41, 5.74) is 2.03. The van der Waals surface area contributed by atoms with E-state index in [1.54, 1.807) is 27.8 Å². The normalized spacial score (nSPS) is 21.2. The fourth-order valence-corrected chi connectivity index (χ4v) is 5.46. The first kappa shape index (κ1) is 18.4. The molecule has 1 aliphatic rings. The second kappa shape index (κ2) is 7.56. The number of aryl methyl sites for hydroxylation is 1. The van der Waals surface area contributed by atoms with Crippen LogP contribution in [0.5, 0.6) is 0 Å². The summed E-state index contributed by atoms with van der Waals surface area (Å²) in [6, 6.07) is 20.8. The number of ether oxygens (including phenoxy) is 1. The van der Waals surface area contributed by atoms with E-state index < -0.39 is 10.0 Å². The fourth-order valence-electron chi connectivity index (χ4n) is 3.27. The molecule has 3 aromatic rings. The van der Waals surface area contributed by atoms with Crippen LogP contribution in [0.1, 0.15) is 28.2 Å². The standard InChI is InChI=1S/C21H21NO3S2/c1-16-9-11-18(12-10-16)27(23,24)22-14-19(17-6-3-2-4-7-17)25-20(15-22)21-8-5-13-26-21/h2-13,19-20H,14-15H2,1H3/t19-,20+/m1/s1. The van der Waals surface area contributed by atoms with Gasteiger partial charge in [-0.15, -0.1) is 11.3 Å². The lowest BCUT2D eigenvalue weighted by molar-refractivity contribution is -0.0655. The van der Waals surface area contributed by atoms with Crippen LogP contribution in [0.25, 0.3) is 0 Å². The van der Waals surface area contributed by atoms with Crippen molar-refractivity contribution in [3.8, 4) is 0 Å². The van der Waals surface area contributed by atoms with Gasteiger partial charge in [0.05, 0.1) is 11.0 Å². The summed E-state index contributed by atoms with van der Waals surface area (Å²) in [6.45, 7) is 2.57. The molecule has 0 saturated carbocycles. The Bertz CT molecular complexity index is 984. The van der Waals surface area contributed by atoms with Gasteiger partial charge in [0.1, 0.15) is 6.10 Å². The molecule has 0 N–H and O–H groups in total. The van der Waals surface area contributed by atoms with E-state index in [1.165, 1.54) is 0 Å². The van der Waals surface area contributed by atoms with Crippen molar-refractivity contribution >= 4 is 21.4 Å². The van der Waals surface area contributed by atoms with Crippen LogP contribution >= 0.6 is 11.3 Å². The molecule has 140 valence electrons. The monoisotopic (exact) mass is 399 g/mol. The van der Waals surface area contributed by atoms with Crippen molar-refractivity contribution in [3.05, 3.63) is 88.1 Å². The van der Waals surface area contributed by atoms with E-state index in [9.17, 15) is 8.42 Å². The molecule has 1 fully saturated rings. The molecule has 0 spiro atoms. The topological polar surface area (TPSA) is 46.6 Å². The zero-order valence-corrected chi connectivity index (χ0v) is 16.6. The molecule has 0 bridgehead atoms. The maximum Gasteiger partial charge on any atom is 0.243 e. The number of hydrogen-bond acceptors (Lipinski definition) is 4. The minimum atomic E-state index is -3.59. The van der Waals surface area contributed by atoms with Gasteiger partial charge in [-0.3, -0.25) is 0 Å². The largest absolute Gasteiger partial charge is 0.362 e. The van der Waals surface area contributed by atoms with Gasteiger partial charge in [0.25, 0.3) is 0 Å². The highest BCUT2D eigenvalue weighted by Gasteiger charge is 2.37. The molecule has 0 unspecified atom stereocenters. The van der Waals surface area contributed by atoms with Gasteiger partial charge >= 0.3 is 0 Å². The quantitative estimate of drug-likeness (QED) is 0.646. The van der Waals surface area contributed by atoms with Gasteiger partial charge in [-0.05, 0) is 36.1 Å². The third kappa shape index (κ3) is 3.84. The summed E-state index contributed by atoms with van der Waals surface area (Å²) in [7, 11) is -3.59. The van der Waals surface area contributed by atoms with Crippen LogP contribution in [0.4, 0.5) is 0 Å². The van der Waals surface area contributed by atoms with E-state index in [0.29, 0.717) is 18.0 Å². The van der Waals surface area contributed by atoms with Crippen LogP contribution in [0.3, 0.4) is 0 Å². The highest BCUT2D eigenvalue weighted by molar-refractivity contribution is 7.89. The van der Waals surface area contributed by atoms with Crippen molar-refractivity contribution in [3.63, 3.8) is 0 Å². The average molecular weight is 400 g/mol. The Morgan fingerprint density at radius 3 is 2.30 bits per heavy atom. The van der Waals surface area contributed by atoms with E-state index in [-0.39, 0.29) is 12.2 Å². The van der Waals surface area contributed by atoms with Crippen molar-refractivity contribution in [1.82, 2.24) is 4.31 Å². The van der Waals surface area contributed by atoms with E-state index in [1.807, 2.05) is 66.9 Å². The van der Waals surface area contributed by atoms with E-state index in [2.05, 4.69) is 0 Å². The van der Waals surface area contributed by atoms with Crippen molar-refractivity contribution in [2.75, 3.05) is 13.1 Å². The number of sulfonamides is 1. The Morgan fingerprint density at radius 1 is 0.926 bits per heavy atom. The molecule has 2 aromatic carbocycles. The SMILES string of the molecule is Cc1ccc(S(=O)(=O)N2C[C@@H](c3cccs3)O[C@@H](c3ccccc3)C2)cc1. The molecule has 2 heterocycles. The van der Waals surface area contributed by atoms with Gasteiger partial charge in [-0.1, -0.05) is 54.1 Å². The van der Waals surface area contributed by atoms with Crippen LogP contribution in [-0.4, -0.2) is 25.8 Å². The number of thiophene rings is 1. The molecule has 27 heavy (non-hydrogen) atoms. The van der Waals surface area contributed by atoms with Crippen LogP contribution < -0.4 is 0 Å². The minimum Gasteiger partial charge on any atom is -0.362 e.